The van der Waals surface area contributed by atoms with Crippen LogP contribution in [0.4, 0.5) is 5.13 Å². The van der Waals surface area contributed by atoms with Gasteiger partial charge in [-0.3, -0.25) is 4.79 Å². The van der Waals surface area contributed by atoms with E-state index in [4.69, 9.17) is 4.74 Å². The van der Waals surface area contributed by atoms with Crippen molar-refractivity contribution in [2.75, 3.05) is 38.7 Å². The number of ether oxygens (including phenoxy) is 1. The maximum Gasteiger partial charge on any atom is 0.232 e. The smallest absolute Gasteiger partial charge is 0.232 e. The highest BCUT2D eigenvalue weighted by Crippen LogP contribution is 2.37. The molecule has 28 heavy (non-hydrogen) atoms. The van der Waals surface area contributed by atoms with Gasteiger partial charge in [-0.1, -0.05) is 24.3 Å². The SMILES string of the molecule is CN1CCC[C@H](c2cccc(CC3(C(=O)Nc4nccs4)CCOCC3)c2)C1. The van der Waals surface area contributed by atoms with Crippen molar-refractivity contribution >= 4 is 22.4 Å². The molecule has 0 radical (unpaired) electrons. The van der Waals surface area contributed by atoms with Crippen molar-refractivity contribution in [3.05, 3.63) is 47.0 Å². The summed E-state index contributed by atoms with van der Waals surface area (Å²) in [6.45, 7) is 3.58. The number of rotatable bonds is 5. The number of carbonyl (C=O) groups is 1. The van der Waals surface area contributed by atoms with E-state index in [9.17, 15) is 4.79 Å². The van der Waals surface area contributed by atoms with Crippen LogP contribution in [-0.4, -0.2) is 49.1 Å². The molecular weight excluding hydrogens is 370 g/mol. The fourth-order valence-electron chi connectivity index (χ4n) is 4.55. The van der Waals surface area contributed by atoms with Gasteiger partial charge in [0, 0.05) is 31.3 Å². The third-order valence-corrected chi connectivity index (χ3v) is 6.86. The van der Waals surface area contributed by atoms with E-state index in [0.717, 1.165) is 25.8 Å². The van der Waals surface area contributed by atoms with Crippen LogP contribution in [0.25, 0.3) is 0 Å². The Kier molecular flexibility index (Phi) is 6.09. The Morgan fingerprint density at radius 1 is 1.39 bits per heavy atom. The summed E-state index contributed by atoms with van der Waals surface area (Å²) in [5.41, 5.74) is 2.24. The number of likely N-dealkylation sites (N-methyl/N-ethyl adjacent to an activating group) is 1. The number of aromatic nitrogens is 1. The van der Waals surface area contributed by atoms with Crippen molar-refractivity contribution in [3.63, 3.8) is 0 Å². The van der Waals surface area contributed by atoms with Gasteiger partial charge in [0.2, 0.25) is 5.91 Å². The molecule has 150 valence electrons. The van der Waals surface area contributed by atoms with Crippen LogP contribution in [0.2, 0.25) is 0 Å². The normalized spacial score (nSPS) is 22.7. The topological polar surface area (TPSA) is 54.5 Å². The predicted octanol–water partition coefficient (Wildman–Crippen LogP) is 3.93. The molecule has 1 amide bonds. The second-order valence-corrected chi connectivity index (χ2v) is 9.10. The second-order valence-electron chi connectivity index (χ2n) is 8.21. The quantitative estimate of drug-likeness (QED) is 0.828. The van der Waals surface area contributed by atoms with Gasteiger partial charge in [-0.15, -0.1) is 11.3 Å². The van der Waals surface area contributed by atoms with Crippen molar-refractivity contribution in [1.29, 1.82) is 0 Å². The van der Waals surface area contributed by atoms with Crippen molar-refractivity contribution in [2.45, 2.75) is 38.0 Å². The number of likely N-dealkylation sites (tertiary alicyclic amines) is 1. The molecule has 6 heteroatoms. The number of carbonyl (C=O) groups excluding carboxylic acids is 1. The fourth-order valence-corrected chi connectivity index (χ4v) is 5.07. The van der Waals surface area contributed by atoms with Gasteiger partial charge in [-0.2, -0.15) is 0 Å². The van der Waals surface area contributed by atoms with E-state index in [0.29, 0.717) is 24.3 Å². The molecular formula is C22H29N3O2S. The molecule has 4 rings (SSSR count). The van der Waals surface area contributed by atoms with Crippen LogP contribution in [0.15, 0.2) is 35.8 Å². The summed E-state index contributed by atoms with van der Waals surface area (Å²) >= 11 is 1.46. The molecule has 2 saturated heterocycles. The summed E-state index contributed by atoms with van der Waals surface area (Å²) < 4.78 is 5.58. The van der Waals surface area contributed by atoms with E-state index in [1.807, 2.05) is 5.38 Å². The van der Waals surface area contributed by atoms with Crippen LogP contribution in [0.3, 0.4) is 0 Å². The molecule has 1 atom stereocenters. The molecule has 0 aliphatic carbocycles. The van der Waals surface area contributed by atoms with Crippen molar-refractivity contribution in [2.24, 2.45) is 5.41 Å². The minimum absolute atomic E-state index is 0.0774. The summed E-state index contributed by atoms with van der Waals surface area (Å²) in [6.07, 6.45) is 6.48. The molecule has 0 bridgehead atoms. The summed E-state index contributed by atoms with van der Waals surface area (Å²) in [6, 6.07) is 8.91. The lowest BCUT2D eigenvalue weighted by Gasteiger charge is -2.36. The molecule has 2 aromatic rings. The number of hydrogen-bond acceptors (Lipinski definition) is 5. The molecule has 3 heterocycles. The lowest BCUT2D eigenvalue weighted by molar-refractivity contribution is -0.131. The average molecular weight is 400 g/mol. The maximum absolute atomic E-state index is 13.2. The highest BCUT2D eigenvalue weighted by Gasteiger charge is 2.40. The van der Waals surface area contributed by atoms with Crippen molar-refractivity contribution < 1.29 is 9.53 Å². The van der Waals surface area contributed by atoms with E-state index in [-0.39, 0.29) is 5.91 Å². The third-order valence-electron chi connectivity index (χ3n) is 6.17. The first-order valence-electron chi connectivity index (χ1n) is 10.2. The highest BCUT2D eigenvalue weighted by atomic mass is 32.1. The Balaban J connectivity index is 1.53. The number of hydrogen-bond donors (Lipinski definition) is 1. The second kappa shape index (κ2) is 8.72. The molecule has 2 aliphatic rings. The number of thiazole rings is 1. The average Bonchev–Trinajstić information content (AvgIpc) is 3.22. The molecule has 2 fully saturated rings. The van der Waals surface area contributed by atoms with Crippen LogP contribution in [0, 0.1) is 5.41 Å². The number of nitrogens with one attached hydrogen (secondary N) is 1. The number of benzene rings is 1. The maximum atomic E-state index is 13.2. The summed E-state index contributed by atoms with van der Waals surface area (Å²) in [5.74, 6) is 0.669. The van der Waals surface area contributed by atoms with E-state index in [1.165, 1.54) is 41.9 Å². The Labute approximate surface area is 171 Å². The standard InChI is InChI=1S/C22H29N3O2S/c1-25-10-3-6-19(16-25)18-5-2-4-17(14-18)15-22(7-11-27-12-8-22)20(26)24-21-23-9-13-28-21/h2,4-5,9,13-14,19H,3,6-8,10-12,15-16H2,1H3,(H,23,24,26)/t19-/m0/s1. The molecule has 1 N–H and O–H groups in total. The minimum atomic E-state index is -0.425. The van der Waals surface area contributed by atoms with Crippen LogP contribution >= 0.6 is 11.3 Å². The lowest BCUT2D eigenvalue weighted by atomic mass is 9.74. The monoisotopic (exact) mass is 399 g/mol. The molecule has 0 unspecified atom stereocenters. The third kappa shape index (κ3) is 4.45. The molecule has 1 aromatic heterocycles. The summed E-state index contributed by atoms with van der Waals surface area (Å²) in [7, 11) is 2.20. The van der Waals surface area contributed by atoms with Gasteiger partial charge < -0.3 is 15.0 Å². The lowest BCUT2D eigenvalue weighted by Crippen LogP contribution is -2.42. The van der Waals surface area contributed by atoms with E-state index < -0.39 is 5.41 Å². The Morgan fingerprint density at radius 3 is 3.00 bits per heavy atom. The molecule has 0 spiro atoms. The molecule has 0 saturated carbocycles. The highest BCUT2D eigenvalue weighted by molar-refractivity contribution is 7.13. The first-order chi connectivity index (χ1) is 13.6. The predicted molar refractivity (Wildman–Crippen MR) is 113 cm³/mol. The van der Waals surface area contributed by atoms with Gasteiger partial charge in [-0.05, 0) is 62.7 Å². The van der Waals surface area contributed by atoms with Crippen LogP contribution < -0.4 is 5.32 Å². The van der Waals surface area contributed by atoms with Gasteiger partial charge in [-0.25, -0.2) is 4.98 Å². The number of amides is 1. The summed E-state index contributed by atoms with van der Waals surface area (Å²) in [4.78, 5) is 19.9. The van der Waals surface area contributed by atoms with Gasteiger partial charge >= 0.3 is 0 Å². The van der Waals surface area contributed by atoms with Crippen molar-refractivity contribution in [1.82, 2.24) is 9.88 Å². The van der Waals surface area contributed by atoms with Crippen LogP contribution in [-0.2, 0) is 16.0 Å². The Hall–Kier alpha value is -1.76. The number of piperidine rings is 1. The molecule has 5 nitrogen and oxygen atoms in total. The zero-order chi connectivity index (χ0) is 19.4. The molecule has 2 aliphatic heterocycles. The zero-order valence-electron chi connectivity index (χ0n) is 16.5. The first kappa shape index (κ1) is 19.6. The first-order valence-corrected chi connectivity index (χ1v) is 11.1. The Morgan fingerprint density at radius 2 is 2.25 bits per heavy atom. The van der Waals surface area contributed by atoms with Gasteiger partial charge in [0.1, 0.15) is 0 Å². The summed E-state index contributed by atoms with van der Waals surface area (Å²) in [5, 5.41) is 5.60. The zero-order valence-corrected chi connectivity index (χ0v) is 17.3. The van der Waals surface area contributed by atoms with E-state index in [2.05, 4.69) is 46.5 Å². The van der Waals surface area contributed by atoms with Gasteiger partial charge in [0.15, 0.2) is 5.13 Å². The number of anilines is 1. The Bertz CT molecular complexity index is 787. The van der Waals surface area contributed by atoms with Crippen LogP contribution in [0.5, 0.6) is 0 Å². The largest absolute Gasteiger partial charge is 0.381 e. The fraction of sp³-hybridized carbons (Fsp3) is 0.545. The molecule has 1 aromatic carbocycles. The minimum Gasteiger partial charge on any atom is -0.381 e. The van der Waals surface area contributed by atoms with Gasteiger partial charge in [0.05, 0.1) is 5.41 Å². The number of nitrogens with zero attached hydrogens (tertiary/aromatic N) is 2. The van der Waals surface area contributed by atoms with Gasteiger partial charge in [0.25, 0.3) is 0 Å². The van der Waals surface area contributed by atoms with E-state index in [1.54, 1.807) is 6.20 Å². The van der Waals surface area contributed by atoms with Crippen molar-refractivity contribution in [3.8, 4) is 0 Å². The van der Waals surface area contributed by atoms with Crippen LogP contribution in [0.1, 0.15) is 42.7 Å². The van der Waals surface area contributed by atoms with E-state index >= 15 is 0 Å².